The van der Waals surface area contributed by atoms with Crippen molar-refractivity contribution in [3.8, 4) is 0 Å². The van der Waals surface area contributed by atoms with Gasteiger partial charge in [-0.2, -0.15) is 5.06 Å². The summed E-state index contributed by atoms with van der Waals surface area (Å²) in [6.07, 6.45) is 1.31. The first kappa shape index (κ1) is 24.2. The Morgan fingerprint density at radius 1 is 1.15 bits per heavy atom. The fourth-order valence-electron chi connectivity index (χ4n) is 4.65. The van der Waals surface area contributed by atoms with Crippen LogP contribution in [0.3, 0.4) is 0 Å². The zero-order chi connectivity index (χ0) is 24.2. The molecule has 0 spiro atoms. The number of hydroxylamine groups is 2. The number of primary amides is 1. The first-order chi connectivity index (χ1) is 16.4. The van der Waals surface area contributed by atoms with E-state index in [2.05, 4.69) is 0 Å². The Morgan fingerprint density at radius 2 is 1.94 bits per heavy atom. The largest absolute Gasteiger partial charge is 0.370 e. The zero-order valence-electron chi connectivity index (χ0n) is 19.1. The molecule has 0 bridgehead atoms. The third kappa shape index (κ3) is 4.93. The van der Waals surface area contributed by atoms with Crippen LogP contribution in [0.2, 0.25) is 5.02 Å². The normalized spacial score (nSPS) is 19.4. The fourth-order valence-corrected chi connectivity index (χ4v) is 4.84. The minimum absolute atomic E-state index is 0.0471. The molecule has 2 atom stereocenters. The van der Waals surface area contributed by atoms with Gasteiger partial charge in [0.2, 0.25) is 5.91 Å². The first-order valence-electron chi connectivity index (χ1n) is 11.4. The van der Waals surface area contributed by atoms with Crippen molar-refractivity contribution in [3.05, 3.63) is 76.8 Å². The number of aryl methyl sites for hydroxylation is 1. The summed E-state index contributed by atoms with van der Waals surface area (Å²) in [5.74, 6) is -0.523. The summed E-state index contributed by atoms with van der Waals surface area (Å²) in [7, 11) is 0. The quantitative estimate of drug-likeness (QED) is 0.499. The molecular weight excluding hydrogens is 452 g/mol. The molecule has 2 amide bonds. The molecule has 1 heterocycles. The van der Waals surface area contributed by atoms with Gasteiger partial charge in [0.1, 0.15) is 12.8 Å². The van der Waals surface area contributed by atoms with Gasteiger partial charge < -0.3 is 16.4 Å². The molecule has 2 unspecified atom stereocenters. The number of halogens is 1. The van der Waals surface area contributed by atoms with Crippen LogP contribution >= 0.6 is 11.6 Å². The molecule has 7 nitrogen and oxygen atoms in total. The van der Waals surface area contributed by atoms with Gasteiger partial charge in [0.05, 0.1) is 0 Å². The highest BCUT2D eigenvalue weighted by molar-refractivity contribution is 6.30. The van der Waals surface area contributed by atoms with E-state index in [4.69, 9.17) is 27.9 Å². The van der Waals surface area contributed by atoms with Crippen molar-refractivity contribution in [3.63, 3.8) is 0 Å². The van der Waals surface area contributed by atoms with Gasteiger partial charge in [-0.1, -0.05) is 54.1 Å². The highest BCUT2D eigenvalue weighted by atomic mass is 35.5. The highest BCUT2D eigenvalue weighted by Gasteiger charge is 2.39. The van der Waals surface area contributed by atoms with E-state index in [-0.39, 0.29) is 31.0 Å². The van der Waals surface area contributed by atoms with Crippen LogP contribution in [0.5, 0.6) is 0 Å². The Balaban J connectivity index is 1.84. The third-order valence-electron chi connectivity index (χ3n) is 6.28. The number of nitrogens with zero attached hydrogens (tertiary/aromatic N) is 2. The third-order valence-corrected chi connectivity index (χ3v) is 6.51. The van der Waals surface area contributed by atoms with E-state index < -0.39 is 6.04 Å². The second-order valence-corrected chi connectivity index (χ2v) is 8.93. The average molecular weight is 481 g/mol. The molecule has 8 heteroatoms. The highest BCUT2D eigenvalue weighted by Crippen LogP contribution is 2.37. The van der Waals surface area contributed by atoms with Gasteiger partial charge in [-0.25, -0.2) is 0 Å². The lowest BCUT2D eigenvalue weighted by molar-refractivity contribution is -0.207. The van der Waals surface area contributed by atoms with Crippen LogP contribution in [-0.2, 0) is 20.8 Å². The number of carbonyl (C=O) groups is 2. The number of hydrogen-bond donors (Lipinski definition) is 2. The van der Waals surface area contributed by atoms with Crippen molar-refractivity contribution < 1.29 is 14.4 Å². The average Bonchev–Trinajstić information content (AvgIpc) is 2.94. The lowest BCUT2D eigenvalue weighted by Gasteiger charge is -2.33. The summed E-state index contributed by atoms with van der Waals surface area (Å²) in [6.45, 7) is 2.45. The van der Waals surface area contributed by atoms with Crippen molar-refractivity contribution in [2.24, 2.45) is 11.5 Å². The first-order valence-corrected chi connectivity index (χ1v) is 11.8. The molecule has 1 aliphatic heterocycles. The second kappa shape index (κ2) is 10.5. The van der Waals surface area contributed by atoms with Crippen LogP contribution < -0.4 is 16.4 Å². The number of carbonyl (C=O) groups excluding carboxylic acids is 2. The second-order valence-electron chi connectivity index (χ2n) is 8.49. The van der Waals surface area contributed by atoms with Crippen molar-refractivity contribution >= 4 is 39.9 Å². The summed E-state index contributed by atoms with van der Waals surface area (Å²) in [4.78, 5) is 33.4. The van der Waals surface area contributed by atoms with E-state index in [1.54, 1.807) is 22.1 Å². The minimum atomic E-state index is -0.727. The van der Waals surface area contributed by atoms with E-state index in [1.165, 1.54) is 0 Å². The van der Waals surface area contributed by atoms with E-state index in [0.717, 1.165) is 27.6 Å². The molecule has 178 valence electrons. The topological polar surface area (TPSA) is 102 Å². The van der Waals surface area contributed by atoms with Gasteiger partial charge in [-0.05, 0) is 59.9 Å². The summed E-state index contributed by atoms with van der Waals surface area (Å²) >= 11 is 6.28. The predicted octanol–water partition coefficient (Wildman–Crippen LogP) is 3.93. The maximum atomic E-state index is 14.1. The van der Waals surface area contributed by atoms with Crippen LogP contribution in [0.4, 0.5) is 5.69 Å². The van der Waals surface area contributed by atoms with Crippen LogP contribution in [0.25, 0.3) is 10.8 Å². The summed E-state index contributed by atoms with van der Waals surface area (Å²) in [6, 6.07) is 18.3. The monoisotopic (exact) mass is 480 g/mol. The SMILES string of the molecule is CC1CCN(c2ccc3ccccc3c2CCC(N)=O)C(=O)C(c2cccc(Cl)c2)N1OCN. The molecule has 1 saturated heterocycles. The Kier molecular flexibility index (Phi) is 7.48. The van der Waals surface area contributed by atoms with E-state index in [9.17, 15) is 9.59 Å². The maximum Gasteiger partial charge on any atom is 0.251 e. The summed E-state index contributed by atoms with van der Waals surface area (Å²) in [5.41, 5.74) is 13.6. The molecular formula is C26H29ClN4O3. The van der Waals surface area contributed by atoms with Gasteiger partial charge in [-0.15, -0.1) is 0 Å². The molecule has 4 rings (SSSR count). The number of nitrogens with two attached hydrogens (primary N) is 2. The number of rotatable bonds is 7. The zero-order valence-corrected chi connectivity index (χ0v) is 19.9. The molecule has 0 radical (unpaired) electrons. The van der Waals surface area contributed by atoms with Gasteiger partial charge in [0.25, 0.3) is 5.91 Å². The molecule has 34 heavy (non-hydrogen) atoms. The Bertz CT molecular complexity index is 1200. The smallest absolute Gasteiger partial charge is 0.251 e. The van der Waals surface area contributed by atoms with Crippen molar-refractivity contribution in [1.29, 1.82) is 0 Å². The van der Waals surface area contributed by atoms with Crippen LogP contribution in [0.1, 0.15) is 36.9 Å². The predicted molar refractivity (Wildman–Crippen MR) is 134 cm³/mol. The van der Waals surface area contributed by atoms with Gasteiger partial charge in [0.15, 0.2) is 0 Å². The molecule has 1 fully saturated rings. The Hall–Kier alpha value is -2.97. The van der Waals surface area contributed by atoms with Crippen LogP contribution in [-0.4, -0.2) is 36.2 Å². The number of fused-ring (bicyclic) bond motifs is 1. The minimum Gasteiger partial charge on any atom is -0.370 e. The van der Waals surface area contributed by atoms with Gasteiger partial charge in [-0.3, -0.25) is 14.4 Å². The number of hydrogen-bond acceptors (Lipinski definition) is 5. The Morgan fingerprint density at radius 3 is 2.68 bits per heavy atom. The lowest BCUT2D eigenvalue weighted by Crippen LogP contribution is -2.43. The number of benzene rings is 3. The Labute approximate surface area is 204 Å². The van der Waals surface area contributed by atoms with Gasteiger partial charge >= 0.3 is 0 Å². The molecule has 0 saturated carbocycles. The molecule has 0 aromatic heterocycles. The number of anilines is 1. The summed E-state index contributed by atoms with van der Waals surface area (Å²) < 4.78 is 0. The standard InChI is InChI=1S/C26H29ClN4O3/c1-17-13-14-30(26(33)25(31(17)34-16-28)19-6-4-7-20(27)15-19)23-11-9-18-5-2-3-8-21(18)22(23)10-12-24(29)32/h2-9,11,15,17,25H,10,12-14,16,28H2,1H3,(H2,29,32). The lowest BCUT2D eigenvalue weighted by atomic mass is 9.97. The summed E-state index contributed by atoms with van der Waals surface area (Å²) in [5, 5.41) is 4.26. The van der Waals surface area contributed by atoms with Crippen molar-refractivity contribution in [1.82, 2.24) is 5.06 Å². The molecule has 4 N–H and O–H groups in total. The van der Waals surface area contributed by atoms with Gasteiger partial charge in [0, 0.05) is 29.7 Å². The van der Waals surface area contributed by atoms with Crippen molar-refractivity contribution in [2.75, 3.05) is 18.2 Å². The molecule has 1 aliphatic rings. The fraction of sp³-hybridized carbons (Fsp3) is 0.308. The van der Waals surface area contributed by atoms with E-state index in [1.807, 2.05) is 55.5 Å². The molecule has 3 aromatic carbocycles. The van der Waals surface area contributed by atoms with Crippen molar-refractivity contribution in [2.45, 2.75) is 38.3 Å². The maximum absolute atomic E-state index is 14.1. The van der Waals surface area contributed by atoms with Crippen LogP contribution in [0, 0.1) is 0 Å². The van der Waals surface area contributed by atoms with Crippen LogP contribution in [0.15, 0.2) is 60.7 Å². The van der Waals surface area contributed by atoms with E-state index >= 15 is 0 Å². The molecule has 0 aliphatic carbocycles. The molecule has 3 aromatic rings. The van der Waals surface area contributed by atoms with E-state index in [0.29, 0.717) is 24.4 Å². The number of amides is 2.